The fourth-order valence-electron chi connectivity index (χ4n) is 4.29. The first-order valence-electron chi connectivity index (χ1n) is 7.96. The van der Waals surface area contributed by atoms with Crippen LogP contribution < -0.4 is 0 Å². The van der Waals surface area contributed by atoms with Crippen LogP contribution >= 0.6 is 0 Å². The van der Waals surface area contributed by atoms with E-state index in [1.54, 1.807) is 6.92 Å². The fraction of sp³-hybridized carbons (Fsp3) is 0.941. The molecule has 0 radical (unpaired) electrons. The Hall–Kier alpha value is -0.570. The van der Waals surface area contributed by atoms with Gasteiger partial charge in [0.1, 0.15) is 0 Å². The van der Waals surface area contributed by atoms with Crippen molar-refractivity contribution in [1.82, 2.24) is 0 Å². The van der Waals surface area contributed by atoms with Crippen molar-refractivity contribution in [1.29, 1.82) is 0 Å². The summed E-state index contributed by atoms with van der Waals surface area (Å²) in [5.41, 5.74) is -1.01. The molecule has 1 rings (SSSR count). The molecule has 0 aromatic heterocycles. The number of aliphatic hydroxyl groups is 1. The molecule has 20 heavy (non-hydrogen) atoms. The maximum atomic E-state index is 12.3. The Labute approximate surface area is 124 Å². The van der Waals surface area contributed by atoms with Crippen molar-refractivity contribution in [2.45, 2.75) is 79.2 Å². The average Bonchev–Trinajstić information content (AvgIpc) is 2.25. The lowest BCUT2D eigenvalue weighted by molar-refractivity contribution is -0.179. The second-order valence-electron chi connectivity index (χ2n) is 8.01. The molecular formula is C17H32O3. The summed E-state index contributed by atoms with van der Waals surface area (Å²) in [5, 5.41) is 11.0. The number of hydrogen-bond donors (Lipinski definition) is 1. The van der Waals surface area contributed by atoms with Crippen LogP contribution in [-0.2, 0) is 9.53 Å². The van der Waals surface area contributed by atoms with Crippen molar-refractivity contribution in [2.75, 3.05) is 6.61 Å². The van der Waals surface area contributed by atoms with Gasteiger partial charge in [0.05, 0.1) is 6.61 Å². The van der Waals surface area contributed by atoms with E-state index in [1.165, 1.54) is 0 Å². The Morgan fingerprint density at radius 2 is 1.70 bits per heavy atom. The summed E-state index contributed by atoms with van der Waals surface area (Å²) in [4.78, 5) is 12.3. The Kier molecular flexibility index (Phi) is 5.29. The molecule has 3 heteroatoms. The molecule has 0 saturated heterocycles. The lowest BCUT2D eigenvalue weighted by atomic mass is 9.57. The second kappa shape index (κ2) is 6.05. The summed E-state index contributed by atoms with van der Waals surface area (Å²) in [5.74, 6) is -0.444. The normalized spacial score (nSPS) is 24.9. The summed E-state index contributed by atoms with van der Waals surface area (Å²) in [7, 11) is 0. The smallest absolute Gasteiger partial charge is 0.338 e. The minimum atomic E-state index is -1.32. The van der Waals surface area contributed by atoms with Gasteiger partial charge in [-0.25, -0.2) is 4.79 Å². The molecule has 1 atom stereocenters. The molecule has 0 amide bonds. The molecule has 0 aromatic rings. The van der Waals surface area contributed by atoms with Gasteiger partial charge in [-0.15, -0.1) is 0 Å². The lowest BCUT2D eigenvalue weighted by Gasteiger charge is -2.49. The van der Waals surface area contributed by atoms with E-state index in [2.05, 4.69) is 27.7 Å². The van der Waals surface area contributed by atoms with Gasteiger partial charge >= 0.3 is 5.97 Å². The summed E-state index contributed by atoms with van der Waals surface area (Å²) in [6.45, 7) is 13.1. The van der Waals surface area contributed by atoms with E-state index in [1.807, 2.05) is 6.92 Å². The highest BCUT2D eigenvalue weighted by Crippen LogP contribution is 2.52. The maximum Gasteiger partial charge on any atom is 0.338 e. The maximum absolute atomic E-state index is 12.3. The highest BCUT2D eigenvalue weighted by molar-refractivity contribution is 5.79. The Balaban J connectivity index is 3.04. The lowest BCUT2D eigenvalue weighted by Crippen LogP contribution is -2.52. The van der Waals surface area contributed by atoms with Crippen LogP contribution in [0.25, 0.3) is 0 Å². The van der Waals surface area contributed by atoms with Crippen LogP contribution in [0.3, 0.4) is 0 Å². The van der Waals surface area contributed by atoms with Crippen molar-refractivity contribution >= 4 is 5.97 Å². The predicted molar refractivity (Wildman–Crippen MR) is 81.4 cm³/mol. The van der Waals surface area contributed by atoms with Gasteiger partial charge in [0.15, 0.2) is 5.60 Å². The number of hydrogen-bond acceptors (Lipinski definition) is 3. The third kappa shape index (κ3) is 3.97. The van der Waals surface area contributed by atoms with Crippen molar-refractivity contribution in [2.24, 2.45) is 16.7 Å². The van der Waals surface area contributed by atoms with Crippen molar-refractivity contribution in [3.05, 3.63) is 0 Å². The van der Waals surface area contributed by atoms with Gasteiger partial charge in [-0.3, -0.25) is 0 Å². The molecule has 118 valence electrons. The summed E-state index contributed by atoms with van der Waals surface area (Å²) in [6, 6.07) is 0. The van der Waals surface area contributed by atoms with E-state index < -0.39 is 11.6 Å². The van der Waals surface area contributed by atoms with Gasteiger partial charge in [0.2, 0.25) is 0 Å². The first kappa shape index (κ1) is 17.5. The summed E-state index contributed by atoms with van der Waals surface area (Å²) in [6.07, 6.45) is 4.16. The Morgan fingerprint density at radius 3 is 2.10 bits per heavy atom. The standard InChI is InChI=1S/C17H32O3/c1-7-9-17(19,14(18)20-8-2)13-10-15(3,4)12-16(5,6)11-13/h13,19H,7-12H2,1-6H3. The van der Waals surface area contributed by atoms with E-state index in [-0.39, 0.29) is 16.7 Å². The van der Waals surface area contributed by atoms with Crippen molar-refractivity contribution in [3.8, 4) is 0 Å². The van der Waals surface area contributed by atoms with Gasteiger partial charge in [-0.1, -0.05) is 41.0 Å². The van der Waals surface area contributed by atoms with Crippen LogP contribution in [0.1, 0.15) is 73.6 Å². The van der Waals surface area contributed by atoms with Crippen molar-refractivity contribution in [3.63, 3.8) is 0 Å². The topological polar surface area (TPSA) is 46.5 Å². The second-order valence-corrected chi connectivity index (χ2v) is 8.01. The molecule has 1 N–H and O–H groups in total. The number of rotatable bonds is 5. The molecule has 0 aromatic carbocycles. The largest absolute Gasteiger partial charge is 0.464 e. The van der Waals surface area contributed by atoms with Crippen LogP contribution in [0.2, 0.25) is 0 Å². The molecule has 1 saturated carbocycles. The molecule has 0 spiro atoms. The van der Waals surface area contributed by atoms with Gasteiger partial charge in [0, 0.05) is 0 Å². The molecule has 3 nitrogen and oxygen atoms in total. The van der Waals surface area contributed by atoms with Crippen LogP contribution in [0.5, 0.6) is 0 Å². The molecule has 1 aliphatic carbocycles. The predicted octanol–water partition coefficient (Wildman–Crippen LogP) is 3.93. The molecule has 0 bridgehead atoms. The zero-order chi connectivity index (χ0) is 15.6. The SMILES string of the molecule is CCCC(O)(C(=O)OCC)C1CC(C)(C)CC(C)(C)C1. The van der Waals surface area contributed by atoms with E-state index in [9.17, 15) is 9.90 Å². The highest BCUT2D eigenvalue weighted by atomic mass is 16.5. The summed E-state index contributed by atoms with van der Waals surface area (Å²) >= 11 is 0. The minimum Gasteiger partial charge on any atom is -0.464 e. The molecule has 1 unspecified atom stereocenters. The van der Waals surface area contributed by atoms with Gasteiger partial charge < -0.3 is 9.84 Å². The van der Waals surface area contributed by atoms with Crippen LogP contribution in [0.4, 0.5) is 0 Å². The van der Waals surface area contributed by atoms with Crippen LogP contribution in [-0.4, -0.2) is 23.3 Å². The van der Waals surface area contributed by atoms with E-state index in [4.69, 9.17) is 4.74 Å². The van der Waals surface area contributed by atoms with Gasteiger partial charge in [-0.2, -0.15) is 0 Å². The third-order valence-electron chi connectivity index (χ3n) is 4.49. The van der Waals surface area contributed by atoms with Crippen molar-refractivity contribution < 1.29 is 14.6 Å². The highest BCUT2D eigenvalue weighted by Gasteiger charge is 2.51. The van der Waals surface area contributed by atoms with Gasteiger partial charge in [-0.05, 0) is 49.4 Å². The Morgan fingerprint density at radius 1 is 1.20 bits per heavy atom. The van der Waals surface area contributed by atoms with E-state index in [0.717, 1.165) is 25.7 Å². The van der Waals surface area contributed by atoms with E-state index in [0.29, 0.717) is 13.0 Å². The Bertz CT molecular complexity index is 330. The molecule has 1 fully saturated rings. The molecule has 1 aliphatic rings. The fourth-order valence-corrected chi connectivity index (χ4v) is 4.29. The molecular weight excluding hydrogens is 252 g/mol. The first-order valence-corrected chi connectivity index (χ1v) is 7.96. The number of ether oxygens (including phenoxy) is 1. The zero-order valence-corrected chi connectivity index (χ0v) is 14.1. The van der Waals surface area contributed by atoms with Crippen LogP contribution in [0, 0.1) is 16.7 Å². The van der Waals surface area contributed by atoms with Gasteiger partial charge in [0.25, 0.3) is 0 Å². The number of esters is 1. The minimum absolute atomic E-state index is 0.0137. The summed E-state index contributed by atoms with van der Waals surface area (Å²) < 4.78 is 5.16. The quantitative estimate of drug-likeness (QED) is 0.778. The first-order chi connectivity index (χ1) is 9.06. The number of carbonyl (C=O) groups excluding carboxylic acids is 1. The van der Waals surface area contributed by atoms with E-state index >= 15 is 0 Å². The van der Waals surface area contributed by atoms with Crippen LogP contribution in [0.15, 0.2) is 0 Å². The zero-order valence-electron chi connectivity index (χ0n) is 14.1. The third-order valence-corrected chi connectivity index (χ3v) is 4.49. The number of carbonyl (C=O) groups is 1. The molecule has 0 aliphatic heterocycles. The monoisotopic (exact) mass is 284 g/mol. The molecule has 0 heterocycles. The average molecular weight is 284 g/mol.